The molecule has 24 heavy (non-hydrogen) atoms. The van der Waals surface area contributed by atoms with Gasteiger partial charge in [-0.2, -0.15) is 0 Å². The molecule has 2 aromatic carbocycles. The molecule has 0 saturated carbocycles. The number of sulfone groups is 1. The first kappa shape index (κ1) is 18.2. The van der Waals surface area contributed by atoms with E-state index in [2.05, 4.69) is 5.32 Å². The number of carbonyl (C=O) groups is 1. The molecule has 0 aliphatic rings. The molecule has 5 heteroatoms. The van der Waals surface area contributed by atoms with Gasteiger partial charge in [0.2, 0.25) is 5.91 Å². The van der Waals surface area contributed by atoms with Gasteiger partial charge >= 0.3 is 0 Å². The molecule has 0 fully saturated rings. The maximum atomic E-state index is 11.9. The van der Waals surface area contributed by atoms with Gasteiger partial charge in [-0.15, -0.1) is 0 Å². The van der Waals surface area contributed by atoms with Crippen molar-refractivity contribution in [2.24, 2.45) is 0 Å². The number of carbonyl (C=O) groups excluding carboxylic acids is 1. The SMILES string of the molecule is Cc1ccc(CCC(=O)NCCc2ccc(S(C)(=O)=O)cc2)cc1. The normalized spacial score (nSPS) is 11.2. The van der Waals surface area contributed by atoms with Gasteiger partial charge in [-0.05, 0) is 43.0 Å². The first-order valence-electron chi connectivity index (χ1n) is 7.96. The Labute approximate surface area is 143 Å². The van der Waals surface area contributed by atoms with E-state index in [0.717, 1.165) is 17.5 Å². The molecule has 0 spiro atoms. The highest BCUT2D eigenvalue weighted by Crippen LogP contribution is 2.10. The van der Waals surface area contributed by atoms with Gasteiger partial charge in [-0.25, -0.2) is 8.42 Å². The lowest BCUT2D eigenvalue weighted by Gasteiger charge is -2.06. The van der Waals surface area contributed by atoms with Gasteiger partial charge < -0.3 is 5.32 Å². The molecule has 0 saturated heterocycles. The first-order chi connectivity index (χ1) is 11.3. The van der Waals surface area contributed by atoms with E-state index in [9.17, 15) is 13.2 Å². The molecular weight excluding hydrogens is 322 g/mol. The van der Waals surface area contributed by atoms with Crippen molar-refractivity contribution in [2.75, 3.05) is 12.8 Å². The van der Waals surface area contributed by atoms with Crippen LogP contribution in [0, 0.1) is 6.92 Å². The maximum Gasteiger partial charge on any atom is 0.220 e. The molecule has 0 bridgehead atoms. The molecule has 1 N–H and O–H groups in total. The van der Waals surface area contributed by atoms with E-state index in [1.807, 2.05) is 31.2 Å². The zero-order chi connectivity index (χ0) is 17.6. The summed E-state index contributed by atoms with van der Waals surface area (Å²) >= 11 is 0. The van der Waals surface area contributed by atoms with E-state index < -0.39 is 9.84 Å². The molecular formula is C19H23NO3S. The van der Waals surface area contributed by atoms with Crippen LogP contribution in [0.15, 0.2) is 53.4 Å². The van der Waals surface area contributed by atoms with Crippen LogP contribution in [-0.2, 0) is 27.5 Å². The number of nitrogens with one attached hydrogen (secondary N) is 1. The van der Waals surface area contributed by atoms with Crippen molar-refractivity contribution in [3.05, 3.63) is 65.2 Å². The third-order valence-electron chi connectivity index (χ3n) is 3.85. The van der Waals surface area contributed by atoms with Gasteiger partial charge in [-0.3, -0.25) is 4.79 Å². The number of rotatable bonds is 7. The predicted octanol–water partition coefficient (Wildman–Crippen LogP) is 2.69. The highest BCUT2D eigenvalue weighted by Gasteiger charge is 2.06. The molecule has 0 unspecified atom stereocenters. The van der Waals surface area contributed by atoms with Crippen molar-refractivity contribution < 1.29 is 13.2 Å². The van der Waals surface area contributed by atoms with Gasteiger partial charge in [-0.1, -0.05) is 42.0 Å². The van der Waals surface area contributed by atoms with Gasteiger partial charge in [0.1, 0.15) is 0 Å². The van der Waals surface area contributed by atoms with Gasteiger partial charge in [0.05, 0.1) is 4.90 Å². The smallest absolute Gasteiger partial charge is 0.220 e. The first-order valence-corrected chi connectivity index (χ1v) is 9.85. The summed E-state index contributed by atoms with van der Waals surface area (Å²) in [7, 11) is -3.16. The number of benzene rings is 2. The Balaban J connectivity index is 1.73. The Hall–Kier alpha value is -2.14. The van der Waals surface area contributed by atoms with Gasteiger partial charge in [0.25, 0.3) is 0 Å². The molecule has 0 aliphatic carbocycles. The minimum atomic E-state index is -3.16. The van der Waals surface area contributed by atoms with Crippen molar-refractivity contribution in [3.63, 3.8) is 0 Å². The average molecular weight is 345 g/mol. The summed E-state index contributed by atoms with van der Waals surface area (Å²) in [4.78, 5) is 12.2. The quantitative estimate of drug-likeness (QED) is 0.839. The summed E-state index contributed by atoms with van der Waals surface area (Å²) < 4.78 is 22.8. The van der Waals surface area contributed by atoms with Crippen LogP contribution >= 0.6 is 0 Å². The largest absolute Gasteiger partial charge is 0.356 e. The monoisotopic (exact) mass is 345 g/mol. The summed E-state index contributed by atoms with van der Waals surface area (Å²) in [6.07, 6.45) is 3.07. The molecule has 0 aliphatic heterocycles. The Morgan fingerprint density at radius 2 is 1.46 bits per heavy atom. The third kappa shape index (κ3) is 5.81. The summed E-state index contributed by atoms with van der Waals surface area (Å²) in [5, 5.41) is 2.90. The van der Waals surface area contributed by atoms with Crippen LogP contribution in [-0.4, -0.2) is 27.1 Å². The van der Waals surface area contributed by atoms with Gasteiger partial charge in [0, 0.05) is 19.2 Å². The highest BCUT2D eigenvalue weighted by molar-refractivity contribution is 7.90. The van der Waals surface area contributed by atoms with E-state index in [0.29, 0.717) is 24.3 Å². The lowest BCUT2D eigenvalue weighted by molar-refractivity contribution is -0.121. The Morgan fingerprint density at radius 1 is 0.917 bits per heavy atom. The van der Waals surface area contributed by atoms with Crippen molar-refractivity contribution >= 4 is 15.7 Å². The number of hydrogen-bond acceptors (Lipinski definition) is 3. The minimum absolute atomic E-state index is 0.0309. The summed E-state index contributed by atoms with van der Waals surface area (Å²) in [5.74, 6) is 0.0309. The zero-order valence-corrected chi connectivity index (χ0v) is 14.9. The summed E-state index contributed by atoms with van der Waals surface area (Å²) in [5.41, 5.74) is 3.37. The lowest BCUT2D eigenvalue weighted by atomic mass is 10.1. The fraction of sp³-hybridized carbons (Fsp3) is 0.316. The molecule has 0 aromatic heterocycles. The van der Waals surface area contributed by atoms with E-state index in [4.69, 9.17) is 0 Å². The molecule has 2 rings (SSSR count). The van der Waals surface area contributed by atoms with Gasteiger partial charge in [0.15, 0.2) is 9.84 Å². The number of hydrogen-bond donors (Lipinski definition) is 1. The van der Waals surface area contributed by atoms with Crippen LogP contribution in [0.4, 0.5) is 0 Å². The Kier molecular flexibility index (Phi) is 6.15. The molecule has 4 nitrogen and oxygen atoms in total. The minimum Gasteiger partial charge on any atom is -0.356 e. The van der Waals surface area contributed by atoms with Crippen LogP contribution < -0.4 is 5.32 Å². The fourth-order valence-electron chi connectivity index (χ4n) is 2.35. The van der Waals surface area contributed by atoms with Crippen molar-refractivity contribution in [2.45, 2.75) is 31.1 Å². The zero-order valence-electron chi connectivity index (χ0n) is 14.1. The van der Waals surface area contributed by atoms with E-state index in [-0.39, 0.29) is 5.91 Å². The Bertz CT molecular complexity index is 778. The molecule has 128 valence electrons. The highest BCUT2D eigenvalue weighted by atomic mass is 32.2. The molecule has 1 amide bonds. The van der Waals surface area contributed by atoms with Crippen molar-refractivity contribution in [1.29, 1.82) is 0 Å². The second-order valence-corrected chi connectivity index (χ2v) is 8.02. The summed E-state index contributed by atoms with van der Waals surface area (Å²) in [6.45, 7) is 2.59. The predicted molar refractivity (Wildman–Crippen MR) is 95.8 cm³/mol. The molecule has 2 aromatic rings. The van der Waals surface area contributed by atoms with Crippen LogP contribution in [0.1, 0.15) is 23.1 Å². The van der Waals surface area contributed by atoms with E-state index in [1.54, 1.807) is 24.3 Å². The third-order valence-corrected chi connectivity index (χ3v) is 4.98. The molecule has 0 atom stereocenters. The van der Waals surface area contributed by atoms with E-state index >= 15 is 0 Å². The lowest BCUT2D eigenvalue weighted by Crippen LogP contribution is -2.25. The Morgan fingerprint density at radius 3 is 2.04 bits per heavy atom. The maximum absolute atomic E-state index is 11.9. The van der Waals surface area contributed by atoms with Crippen molar-refractivity contribution in [1.82, 2.24) is 5.32 Å². The standard InChI is InChI=1S/C19H23NO3S/c1-15-3-5-16(6-4-15)9-12-19(21)20-14-13-17-7-10-18(11-8-17)24(2,22)23/h3-8,10-11H,9,12-14H2,1-2H3,(H,20,21). The second-order valence-electron chi connectivity index (χ2n) is 6.00. The van der Waals surface area contributed by atoms with E-state index in [1.165, 1.54) is 11.8 Å². The fourth-order valence-corrected chi connectivity index (χ4v) is 2.98. The van der Waals surface area contributed by atoms with Crippen LogP contribution in [0.25, 0.3) is 0 Å². The van der Waals surface area contributed by atoms with Crippen molar-refractivity contribution in [3.8, 4) is 0 Å². The molecule has 0 heterocycles. The number of aryl methyl sites for hydroxylation is 2. The van der Waals surface area contributed by atoms with Crippen LogP contribution in [0.5, 0.6) is 0 Å². The topological polar surface area (TPSA) is 63.2 Å². The second kappa shape index (κ2) is 8.11. The molecule has 0 radical (unpaired) electrons. The average Bonchev–Trinajstić information content (AvgIpc) is 2.54. The van der Waals surface area contributed by atoms with Crippen LogP contribution in [0.3, 0.4) is 0 Å². The van der Waals surface area contributed by atoms with Crippen LogP contribution in [0.2, 0.25) is 0 Å². The summed E-state index contributed by atoms with van der Waals surface area (Å²) in [6, 6.07) is 15.0. The number of amides is 1.